The molecule has 0 bridgehead atoms. The van der Waals surface area contributed by atoms with Crippen LogP contribution in [-0.4, -0.2) is 56.5 Å². The van der Waals surface area contributed by atoms with Gasteiger partial charge in [0.2, 0.25) is 5.95 Å². The molecule has 1 N–H and O–H groups in total. The zero-order chi connectivity index (χ0) is 21.4. The number of methoxy groups -OCH3 is 2. The van der Waals surface area contributed by atoms with Crippen LogP contribution in [0.1, 0.15) is 12.0 Å². The number of halogens is 2. The molecule has 1 aromatic heterocycles. The van der Waals surface area contributed by atoms with Crippen LogP contribution >= 0.6 is 23.2 Å². The minimum atomic E-state index is -0.338. The topological polar surface area (TPSA) is 89.1 Å². The average Bonchev–Trinajstić information content (AvgIpc) is 3.25. The minimum Gasteiger partial charge on any atom is -0.495 e. The monoisotopic (exact) mass is 453 g/mol. The van der Waals surface area contributed by atoms with Gasteiger partial charge in [0.05, 0.1) is 39.1 Å². The van der Waals surface area contributed by atoms with Crippen molar-refractivity contribution in [1.82, 2.24) is 9.97 Å². The van der Waals surface area contributed by atoms with Crippen LogP contribution in [0, 0.1) is 0 Å². The Kier molecular flexibility index (Phi) is 5.77. The average molecular weight is 454 g/mol. The fourth-order valence-electron chi connectivity index (χ4n) is 3.49. The second kappa shape index (κ2) is 8.33. The molecular weight excluding hydrogens is 433 g/mol. The number of ether oxygens (including phenoxy) is 3. The molecule has 0 unspecified atom stereocenters. The number of hydrogen-bond acceptors (Lipinski definition) is 7. The van der Waals surface area contributed by atoms with Gasteiger partial charge in [-0.15, -0.1) is 0 Å². The lowest BCUT2D eigenvalue weighted by molar-refractivity contribution is 0.195. The molecule has 3 heterocycles. The van der Waals surface area contributed by atoms with Crippen molar-refractivity contribution in [1.29, 1.82) is 0 Å². The van der Waals surface area contributed by atoms with Crippen molar-refractivity contribution in [2.24, 2.45) is 0 Å². The molecular formula is C19H21Cl2N5O4. The summed E-state index contributed by atoms with van der Waals surface area (Å²) < 4.78 is 16.0. The Balaban J connectivity index is 1.70. The smallest absolute Gasteiger partial charge is 0.330 e. The summed E-state index contributed by atoms with van der Waals surface area (Å²) in [4.78, 5) is 25.0. The summed E-state index contributed by atoms with van der Waals surface area (Å²) in [5.41, 5.74) is 1.06. The Hall–Kier alpha value is -2.49. The third-order valence-electron chi connectivity index (χ3n) is 5.09. The molecule has 2 aromatic rings. The number of aromatic nitrogens is 2. The number of rotatable bonds is 5. The highest BCUT2D eigenvalue weighted by Crippen LogP contribution is 2.47. The van der Waals surface area contributed by atoms with E-state index in [2.05, 4.69) is 15.3 Å². The lowest BCUT2D eigenvalue weighted by atomic mass is 10.2. The van der Waals surface area contributed by atoms with E-state index in [1.54, 1.807) is 19.3 Å². The number of anilines is 3. The maximum Gasteiger partial charge on any atom is 0.330 e. The zero-order valence-corrected chi connectivity index (χ0v) is 18.3. The maximum absolute atomic E-state index is 13.2. The van der Waals surface area contributed by atoms with E-state index in [-0.39, 0.29) is 28.7 Å². The highest BCUT2D eigenvalue weighted by Gasteiger charge is 2.35. The Bertz CT molecular complexity index is 956. The Morgan fingerprint density at radius 1 is 1.23 bits per heavy atom. The third-order valence-corrected chi connectivity index (χ3v) is 5.82. The van der Waals surface area contributed by atoms with Gasteiger partial charge in [0.1, 0.15) is 27.4 Å². The van der Waals surface area contributed by atoms with Crippen LogP contribution in [0.25, 0.3) is 0 Å². The quantitative estimate of drug-likeness (QED) is 0.739. The number of urea groups is 1. The highest BCUT2D eigenvalue weighted by molar-refractivity contribution is 6.42. The maximum atomic E-state index is 13.2. The molecule has 0 aliphatic carbocycles. The SMILES string of the molecule is COc1cc(OC)c(Cl)c(N2Cc3cnc(N[C@@H]4CCOC4)nc3N(C)C2=O)c1Cl. The Labute approximate surface area is 183 Å². The molecule has 1 aromatic carbocycles. The number of nitrogens with one attached hydrogen (secondary N) is 1. The van der Waals surface area contributed by atoms with E-state index in [1.165, 1.54) is 24.0 Å². The number of hydrogen-bond donors (Lipinski definition) is 1. The van der Waals surface area contributed by atoms with Crippen molar-refractivity contribution < 1.29 is 19.0 Å². The predicted octanol–water partition coefficient (Wildman–Crippen LogP) is 3.58. The lowest BCUT2D eigenvalue weighted by Crippen LogP contribution is -2.46. The number of benzene rings is 1. The fourth-order valence-corrected chi connectivity index (χ4v) is 4.20. The molecule has 30 heavy (non-hydrogen) atoms. The van der Waals surface area contributed by atoms with Gasteiger partial charge in [-0.25, -0.2) is 9.78 Å². The first-order valence-corrected chi connectivity index (χ1v) is 10.1. The van der Waals surface area contributed by atoms with Gasteiger partial charge in [-0.3, -0.25) is 9.80 Å². The molecule has 4 rings (SSSR count). The van der Waals surface area contributed by atoms with Crippen molar-refractivity contribution in [2.45, 2.75) is 19.0 Å². The van der Waals surface area contributed by atoms with Gasteiger partial charge >= 0.3 is 6.03 Å². The van der Waals surface area contributed by atoms with Crippen molar-refractivity contribution in [2.75, 3.05) is 49.6 Å². The summed E-state index contributed by atoms with van der Waals surface area (Å²) in [5.74, 6) is 1.68. The van der Waals surface area contributed by atoms with Gasteiger partial charge in [-0.05, 0) is 6.42 Å². The van der Waals surface area contributed by atoms with E-state index in [1.807, 2.05) is 0 Å². The minimum absolute atomic E-state index is 0.158. The summed E-state index contributed by atoms with van der Waals surface area (Å²) in [7, 11) is 4.60. The Morgan fingerprint density at radius 3 is 2.53 bits per heavy atom. The summed E-state index contributed by atoms with van der Waals surface area (Å²) in [6.45, 7) is 1.51. The highest BCUT2D eigenvalue weighted by atomic mass is 35.5. The molecule has 2 aliphatic heterocycles. The molecule has 1 atom stereocenters. The third kappa shape index (κ3) is 3.57. The fraction of sp³-hybridized carbons (Fsp3) is 0.421. The van der Waals surface area contributed by atoms with Crippen LogP contribution in [0.5, 0.6) is 11.5 Å². The van der Waals surface area contributed by atoms with Gasteiger partial charge in [-0.2, -0.15) is 4.98 Å². The van der Waals surface area contributed by atoms with Crippen LogP contribution in [-0.2, 0) is 11.3 Å². The second-order valence-electron chi connectivity index (χ2n) is 6.93. The van der Waals surface area contributed by atoms with E-state index in [0.29, 0.717) is 42.2 Å². The second-order valence-corrected chi connectivity index (χ2v) is 7.69. The van der Waals surface area contributed by atoms with Crippen molar-refractivity contribution >= 4 is 46.7 Å². The Morgan fingerprint density at radius 2 is 1.93 bits per heavy atom. The molecule has 0 radical (unpaired) electrons. The number of fused-ring (bicyclic) bond motifs is 1. The van der Waals surface area contributed by atoms with Crippen molar-refractivity contribution in [3.63, 3.8) is 0 Å². The number of carbonyl (C=O) groups excluding carboxylic acids is 1. The molecule has 1 saturated heterocycles. The van der Waals surface area contributed by atoms with Gasteiger partial charge in [0.15, 0.2) is 0 Å². The first-order chi connectivity index (χ1) is 14.4. The first kappa shape index (κ1) is 20.8. The van der Waals surface area contributed by atoms with E-state index in [9.17, 15) is 4.79 Å². The van der Waals surface area contributed by atoms with Crippen LogP contribution in [0.15, 0.2) is 12.3 Å². The first-order valence-electron chi connectivity index (χ1n) is 9.30. The van der Waals surface area contributed by atoms with Crippen molar-refractivity contribution in [3.05, 3.63) is 27.9 Å². The van der Waals surface area contributed by atoms with E-state index in [4.69, 9.17) is 37.4 Å². The molecule has 9 nitrogen and oxygen atoms in total. The lowest BCUT2D eigenvalue weighted by Gasteiger charge is -2.35. The van der Waals surface area contributed by atoms with E-state index >= 15 is 0 Å². The molecule has 0 spiro atoms. The van der Waals surface area contributed by atoms with Crippen molar-refractivity contribution in [3.8, 4) is 11.5 Å². The predicted molar refractivity (Wildman–Crippen MR) is 114 cm³/mol. The largest absolute Gasteiger partial charge is 0.495 e. The van der Waals surface area contributed by atoms with Gasteiger partial charge in [-0.1, -0.05) is 23.2 Å². The van der Waals surface area contributed by atoms with Crippen LogP contribution in [0.4, 0.5) is 22.2 Å². The van der Waals surface area contributed by atoms with Crippen LogP contribution in [0.2, 0.25) is 10.0 Å². The van der Waals surface area contributed by atoms with Gasteiger partial charge in [0, 0.05) is 31.5 Å². The molecule has 0 saturated carbocycles. The standard InChI is InChI=1S/C19H21Cl2N5O4/c1-25-17-10(7-22-18(24-17)23-11-4-5-30-9-11)8-26(19(25)27)16-14(20)12(28-2)6-13(29-3)15(16)21/h6-7,11H,4-5,8-9H2,1-3H3,(H,22,23,24)/t11-/m1/s1. The molecule has 11 heteroatoms. The number of carbonyl (C=O) groups is 1. The molecule has 160 valence electrons. The summed E-state index contributed by atoms with van der Waals surface area (Å²) in [5, 5.41) is 3.68. The van der Waals surface area contributed by atoms with Crippen LogP contribution < -0.4 is 24.6 Å². The number of nitrogens with zero attached hydrogens (tertiary/aromatic N) is 4. The van der Waals surface area contributed by atoms with Crippen LogP contribution in [0.3, 0.4) is 0 Å². The van der Waals surface area contributed by atoms with Gasteiger partial charge in [0.25, 0.3) is 0 Å². The van der Waals surface area contributed by atoms with E-state index in [0.717, 1.165) is 12.0 Å². The normalized spacial score (nSPS) is 18.4. The van der Waals surface area contributed by atoms with E-state index < -0.39 is 0 Å². The summed E-state index contributed by atoms with van der Waals surface area (Å²) in [6, 6.07) is 1.40. The molecule has 2 aliphatic rings. The summed E-state index contributed by atoms with van der Waals surface area (Å²) in [6.07, 6.45) is 2.58. The number of amides is 2. The van der Waals surface area contributed by atoms with Gasteiger partial charge < -0.3 is 19.5 Å². The zero-order valence-electron chi connectivity index (χ0n) is 16.7. The molecule has 1 fully saturated rings. The molecule has 2 amide bonds. The summed E-state index contributed by atoms with van der Waals surface area (Å²) >= 11 is 13.0.